The quantitative estimate of drug-likeness (QED) is 0.862. The van der Waals surface area contributed by atoms with Crippen LogP contribution in [0.15, 0.2) is 24.3 Å². The monoisotopic (exact) mass is 310 g/mol. The maximum Gasteiger partial charge on any atom is 0.404 e. The molecule has 0 fully saturated rings. The molecule has 1 rings (SSSR count). The Morgan fingerprint density at radius 1 is 1.38 bits per heavy atom. The first kappa shape index (κ1) is 17.0. The molecule has 21 heavy (non-hydrogen) atoms. The van der Waals surface area contributed by atoms with Gasteiger partial charge in [0.1, 0.15) is 6.10 Å². The summed E-state index contributed by atoms with van der Waals surface area (Å²) in [4.78, 5) is 10.7. The van der Waals surface area contributed by atoms with Crippen molar-refractivity contribution in [3.63, 3.8) is 0 Å². The van der Waals surface area contributed by atoms with Crippen molar-refractivity contribution in [1.82, 2.24) is 0 Å². The number of carbonyl (C=O) groups excluding carboxylic acids is 1. The third-order valence-electron chi connectivity index (χ3n) is 3.20. The van der Waals surface area contributed by atoms with E-state index in [1.165, 1.54) is 0 Å². The molecular weight excluding hydrogens is 292 g/mol. The topological polar surface area (TPSA) is 110 Å². The fourth-order valence-corrected chi connectivity index (χ4v) is 3.52. The third kappa shape index (κ3) is 4.76. The number of nitrogens with zero attached hydrogens (tertiary/aromatic N) is 1. The maximum absolute atomic E-state index is 12.3. The minimum atomic E-state index is -3.51. The number of primary amides is 1. The zero-order chi connectivity index (χ0) is 16.0. The summed E-state index contributed by atoms with van der Waals surface area (Å²) in [5.41, 5.74) is 5.97. The molecule has 0 aromatic heterocycles. The normalized spacial score (nSPS) is 14.0. The molecule has 0 aliphatic carbocycles. The van der Waals surface area contributed by atoms with Gasteiger partial charge in [0.15, 0.2) is 9.84 Å². The summed E-state index contributed by atoms with van der Waals surface area (Å²) < 4.78 is 29.5. The van der Waals surface area contributed by atoms with Gasteiger partial charge in [-0.25, -0.2) is 13.2 Å². The lowest BCUT2D eigenvalue weighted by atomic mass is 10.1. The van der Waals surface area contributed by atoms with Crippen molar-refractivity contribution in [3.05, 3.63) is 35.4 Å². The van der Waals surface area contributed by atoms with Crippen molar-refractivity contribution in [2.24, 2.45) is 5.73 Å². The van der Waals surface area contributed by atoms with Gasteiger partial charge in [-0.3, -0.25) is 0 Å². The van der Waals surface area contributed by atoms with E-state index in [9.17, 15) is 13.2 Å². The Labute approximate surface area is 124 Å². The van der Waals surface area contributed by atoms with Crippen LogP contribution < -0.4 is 5.73 Å². The Morgan fingerprint density at radius 3 is 2.38 bits per heavy atom. The van der Waals surface area contributed by atoms with Gasteiger partial charge < -0.3 is 10.5 Å². The molecule has 6 nitrogen and oxygen atoms in total. The fraction of sp³-hybridized carbons (Fsp3) is 0.429. The standard InChI is InChI=1S/C14H18N2O4S/c1-3-13(20-14(16)17)9-21(18,19)10(2)12-6-4-11(8-15)5-7-12/h4-7,10,13H,3,9H2,1-2H3,(H2,16,17). The maximum atomic E-state index is 12.3. The van der Waals surface area contributed by atoms with Crippen LogP contribution in [-0.4, -0.2) is 26.4 Å². The fourth-order valence-electron chi connectivity index (χ4n) is 1.84. The Morgan fingerprint density at radius 2 is 1.95 bits per heavy atom. The lowest BCUT2D eigenvalue weighted by molar-refractivity contribution is 0.115. The highest BCUT2D eigenvalue weighted by Gasteiger charge is 2.27. The Kier molecular flexibility index (Phi) is 5.73. The Balaban J connectivity index is 2.89. The number of amides is 1. The van der Waals surface area contributed by atoms with Crippen molar-refractivity contribution >= 4 is 15.9 Å². The van der Waals surface area contributed by atoms with Crippen molar-refractivity contribution in [1.29, 1.82) is 5.26 Å². The number of nitriles is 1. The molecule has 0 radical (unpaired) electrons. The first-order chi connectivity index (χ1) is 9.80. The van der Waals surface area contributed by atoms with Gasteiger partial charge in [-0.15, -0.1) is 0 Å². The predicted octanol–water partition coefficient (Wildman–Crippen LogP) is 1.91. The third-order valence-corrected chi connectivity index (χ3v) is 5.39. The van der Waals surface area contributed by atoms with E-state index in [0.29, 0.717) is 17.5 Å². The van der Waals surface area contributed by atoms with E-state index in [4.69, 9.17) is 15.7 Å². The molecule has 2 N–H and O–H groups in total. The molecule has 1 aromatic carbocycles. The minimum absolute atomic E-state index is 0.284. The van der Waals surface area contributed by atoms with Crippen molar-refractivity contribution in [2.75, 3.05) is 5.75 Å². The van der Waals surface area contributed by atoms with Crippen LogP contribution in [-0.2, 0) is 14.6 Å². The summed E-state index contributed by atoms with van der Waals surface area (Å²) in [5.74, 6) is -0.284. The van der Waals surface area contributed by atoms with E-state index in [2.05, 4.69) is 0 Å². The summed E-state index contributed by atoms with van der Waals surface area (Å²) in [5, 5.41) is 7.98. The molecule has 0 saturated carbocycles. The van der Waals surface area contributed by atoms with Gasteiger partial charge in [-0.2, -0.15) is 5.26 Å². The summed E-state index contributed by atoms with van der Waals surface area (Å²) >= 11 is 0. The number of benzene rings is 1. The molecule has 0 aliphatic heterocycles. The second kappa shape index (κ2) is 7.09. The van der Waals surface area contributed by atoms with Gasteiger partial charge in [0.05, 0.1) is 22.6 Å². The van der Waals surface area contributed by atoms with Gasteiger partial charge in [0.2, 0.25) is 0 Å². The highest BCUT2D eigenvalue weighted by atomic mass is 32.2. The lowest BCUT2D eigenvalue weighted by Gasteiger charge is -2.18. The van der Waals surface area contributed by atoms with Crippen molar-refractivity contribution in [2.45, 2.75) is 31.6 Å². The number of nitrogens with two attached hydrogens (primary N) is 1. The van der Waals surface area contributed by atoms with Crippen LogP contribution in [0.3, 0.4) is 0 Å². The highest BCUT2D eigenvalue weighted by Crippen LogP contribution is 2.24. The number of carbonyl (C=O) groups is 1. The number of rotatable bonds is 6. The van der Waals surface area contributed by atoms with Crippen molar-refractivity contribution < 1.29 is 17.9 Å². The van der Waals surface area contributed by atoms with Crippen LogP contribution in [0.25, 0.3) is 0 Å². The summed E-state index contributed by atoms with van der Waals surface area (Å²) in [6, 6.07) is 8.33. The van der Waals surface area contributed by atoms with E-state index in [0.717, 1.165) is 0 Å². The SMILES string of the molecule is CCC(CS(=O)(=O)C(C)c1ccc(C#N)cc1)OC(N)=O. The predicted molar refractivity (Wildman–Crippen MR) is 78.1 cm³/mol. The van der Waals surface area contributed by atoms with E-state index in [1.807, 2.05) is 6.07 Å². The molecular formula is C14H18N2O4S. The number of hydrogen-bond acceptors (Lipinski definition) is 5. The molecule has 0 heterocycles. The van der Waals surface area contributed by atoms with Crippen LogP contribution in [0, 0.1) is 11.3 Å². The number of sulfone groups is 1. The Hall–Kier alpha value is -2.07. The molecule has 0 saturated heterocycles. The van der Waals surface area contributed by atoms with Gasteiger partial charge >= 0.3 is 6.09 Å². The van der Waals surface area contributed by atoms with Gasteiger partial charge in [0.25, 0.3) is 0 Å². The zero-order valence-electron chi connectivity index (χ0n) is 11.9. The van der Waals surface area contributed by atoms with Gasteiger partial charge in [0, 0.05) is 0 Å². The highest BCUT2D eigenvalue weighted by molar-refractivity contribution is 7.91. The van der Waals surface area contributed by atoms with Gasteiger partial charge in [-0.05, 0) is 31.0 Å². The first-order valence-corrected chi connectivity index (χ1v) is 8.19. The van der Waals surface area contributed by atoms with Crippen LogP contribution in [0.5, 0.6) is 0 Å². The largest absolute Gasteiger partial charge is 0.445 e. The van der Waals surface area contributed by atoms with Crippen LogP contribution >= 0.6 is 0 Å². The first-order valence-electron chi connectivity index (χ1n) is 6.47. The van der Waals surface area contributed by atoms with E-state index in [1.54, 1.807) is 38.1 Å². The van der Waals surface area contributed by atoms with Crippen LogP contribution in [0.4, 0.5) is 4.79 Å². The second-order valence-electron chi connectivity index (χ2n) is 4.67. The van der Waals surface area contributed by atoms with Gasteiger partial charge in [-0.1, -0.05) is 19.1 Å². The molecule has 114 valence electrons. The summed E-state index contributed by atoms with van der Waals surface area (Å²) in [6.45, 7) is 3.28. The summed E-state index contributed by atoms with van der Waals surface area (Å²) in [7, 11) is -3.51. The average Bonchev–Trinajstić information content (AvgIpc) is 2.45. The van der Waals surface area contributed by atoms with E-state index in [-0.39, 0.29) is 5.75 Å². The van der Waals surface area contributed by atoms with Crippen LogP contribution in [0.2, 0.25) is 0 Å². The zero-order valence-corrected chi connectivity index (χ0v) is 12.8. The lowest BCUT2D eigenvalue weighted by Crippen LogP contribution is -2.30. The Bertz CT molecular complexity index is 632. The van der Waals surface area contributed by atoms with E-state index >= 15 is 0 Å². The molecule has 2 unspecified atom stereocenters. The number of ether oxygens (including phenoxy) is 1. The molecule has 0 bridgehead atoms. The molecule has 2 atom stereocenters. The smallest absolute Gasteiger partial charge is 0.404 e. The van der Waals surface area contributed by atoms with E-state index < -0.39 is 27.3 Å². The molecule has 0 aliphatic rings. The molecule has 0 spiro atoms. The minimum Gasteiger partial charge on any atom is -0.445 e. The molecule has 7 heteroatoms. The van der Waals surface area contributed by atoms with Crippen LogP contribution in [0.1, 0.15) is 36.6 Å². The second-order valence-corrected chi connectivity index (χ2v) is 7.04. The molecule has 1 amide bonds. The molecule has 1 aromatic rings. The summed E-state index contributed by atoms with van der Waals surface area (Å²) in [6.07, 6.45) is -1.38. The van der Waals surface area contributed by atoms with Crippen molar-refractivity contribution in [3.8, 4) is 6.07 Å². The average molecular weight is 310 g/mol. The number of hydrogen-bond donors (Lipinski definition) is 1.